The van der Waals surface area contributed by atoms with E-state index in [2.05, 4.69) is 34.6 Å². The SMILES string of the molecule is CC(C)CCCCCC(=O)O.CC(C)CCCCCC(=O)O.CCCCC(CC)C(=O)O.[CaH2]. The third-order valence-corrected chi connectivity index (χ3v) is 5.09. The van der Waals surface area contributed by atoms with Crippen molar-refractivity contribution >= 4 is 55.6 Å². The second-order valence-electron chi connectivity index (χ2n) is 9.36. The normalized spacial score (nSPS) is 10.9. The van der Waals surface area contributed by atoms with E-state index in [0.717, 1.165) is 63.2 Å². The molecule has 7 heteroatoms. The van der Waals surface area contributed by atoms with Crippen LogP contribution in [0.1, 0.15) is 131 Å². The molecule has 0 fully saturated rings. The second kappa shape index (κ2) is 29.7. The summed E-state index contributed by atoms with van der Waals surface area (Å²) in [6.45, 7) is 12.8. The molecule has 0 heterocycles. The summed E-state index contributed by atoms with van der Waals surface area (Å²) in [5.74, 6) is -0.598. The van der Waals surface area contributed by atoms with E-state index in [1.807, 2.05) is 6.92 Å². The van der Waals surface area contributed by atoms with Gasteiger partial charge in [-0.3, -0.25) is 14.4 Å². The molecule has 196 valence electrons. The van der Waals surface area contributed by atoms with Gasteiger partial charge >= 0.3 is 55.6 Å². The molecule has 0 aromatic carbocycles. The van der Waals surface area contributed by atoms with E-state index in [1.54, 1.807) is 0 Å². The van der Waals surface area contributed by atoms with Crippen LogP contribution in [0.2, 0.25) is 0 Å². The van der Waals surface area contributed by atoms with Crippen molar-refractivity contribution in [3.05, 3.63) is 0 Å². The number of carboxylic acid groups (broad SMARTS) is 3. The summed E-state index contributed by atoms with van der Waals surface area (Å²) in [6, 6.07) is 0. The molecule has 0 aromatic heterocycles. The molecule has 3 N–H and O–H groups in total. The van der Waals surface area contributed by atoms with E-state index >= 15 is 0 Å². The zero-order chi connectivity index (χ0) is 25.4. The van der Waals surface area contributed by atoms with E-state index < -0.39 is 17.9 Å². The first kappa shape index (κ1) is 39.9. The molecule has 1 atom stereocenters. The summed E-state index contributed by atoms with van der Waals surface area (Å²) < 4.78 is 0. The first-order chi connectivity index (χ1) is 15.0. The topological polar surface area (TPSA) is 112 Å². The summed E-state index contributed by atoms with van der Waals surface area (Å²) in [7, 11) is 0. The van der Waals surface area contributed by atoms with Crippen molar-refractivity contribution in [3.8, 4) is 0 Å². The van der Waals surface area contributed by atoms with Crippen molar-refractivity contribution in [2.75, 3.05) is 0 Å². The third-order valence-electron chi connectivity index (χ3n) is 5.09. The number of unbranched alkanes of at least 4 members (excludes halogenated alkanes) is 5. The van der Waals surface area contributed by atoms with Crippen LogP contribution in [0.4, 0.5) is 0 Å². The van der Waals surface area contributed by atoms with Gasteiger partial charge in [-0.15, -0.1) is 0 Å². The zero-order valence-electron chi connectivity index (χ0n) is 21.7. The molecule has 0 bridgehead atoms. The zero-order valence-corrected chi connectivity index (χ0v) is 21.7. The molecule has 1 unspecified atom stereocenters. The van der Waals surface area contributed by atoms with Gasteiger partial charge in [-0.25, -0.2) is 0 Å². The average Bonchev–Trinajstić information content (AvgIpc) is 2.68. The number of hydrogen-bond donors (Lipinski definition) is 3. The quantitative estimate of drug-likeness (QED) is 0.150. The van der Waals surface area contributed by atoms with Gasteiger partial charge < -0.3 is 15.3 Å². The van der Waals surface area contributed by atoms with Gasteiger partial charge in [0.1, 0.15) is 0 Å². The van der Waals surface area contributed by atoms with Crippen LogP contribution in [0, 0.1) is 17.8 Å². The molecule has 0 rings (SSSR count). The average molecular weight is 503 g/mol. The molecule has 0 aliphatic rings. The minimum absolute atomic E-state index is 0. The number of hydrogen-bond acceptors (Lipinski definition) is 3. The Labute approximate surface area is 233 Å². The Hall–Kier alpha value is -0.330. The van der Waals surface area contributed by atoms with E-state index in [-0.39, 0.29) is 43.7 Å². The maximum absolute atomic E-state index is 10.4. The molecule has 0 amide bonds. The van der Waals surface area contributed by atoms with Gasteiger partial charge in [0.05, 0.1) is 5.92 Å². The van der Waals surface area contributed by atoms with Crippen molar-refractivity contribution < 1.29 is 29.7 Å². The Morgan fingerprint density at radius 2 is 1.00 bits per heavy atom. The van der Waals surface area contributed by atoms with Gasteiger partial charge in [-0.05, 0) is 37.5 Å². The fraction of sp³-hybridized carbons (Fsp3) is 0.885. The molecule has 0 aromatic rings. The van der Waals surface area contributed by atoms with Gasteiger partial charge in [0.25, 0.3) is 0 Å². The molecule has 0 spiro atoms. The van der Waals surface area contributed by atoms with Gasteiger partial charge in [-0.1, -0.05) is 92.9 Å². The van der Waals surface area contributed by atoms with Crippen LogP contribution in [-0.2, 0) is 14.4 Å². The first-order valence-electron chi connectivity index (χ1n) is 12.6. The Balaban J connectivity index is -0.000000189. The number of aliphatic carboxylic acids is 3. The van der Waals surface area contributed by atoms with Crippen LogP contribution in [0.25, 0.3) is 0 Å². The molecule has 33 heavy (non-hydrogen) atoms. The fourth-order valence-corrected chi connectivity index (χ4v) is 2.96. The second-order valence-corrected chi connectivity index (χ2v) is 9.36. The van der Waals surface area contributed by atoms with Crippen molar-refractivity contribution in [2.45, 2.75) is 131 Å². The van der Waals surface area contributed by atoms with Crippen LogP contribution in [-0.4, -0.2) is 71.0 Å². The Morgan fingerprint density at radius 3 is 1.24 bits per heavy atom. The molecule has 0 saturated heterocycles. The van der Waals surface area contributed by atoms with Crippen LogP contribution >= 0.6 is 0 Å². The Bertz CT molecular complexity index is 424. The van der Waals surface area contributed by atoms with Crippen LogP contribution in [0.5, 0.6) is 0 Å². The standard InChI is InChI=1S/2C9H18O2.C8H16O2.Ca.2H/c2*1-8(2)6-4-3-5-7-9(10)11;1-3-5-6-7(4-2)8(9)10;;;/h2*8H,3-7H2,1-2H3,(H,10,11);7H,3-6H2,1-2H3,(H,9,10);;;. The monoisotopic (exact) mass is 502 g/mol. The molecule has 6 nitrogen and oxygen atoms in total. The molecule has 0 radical (unpaired) electrons. The van der Waals surface area contributed by atoms with Gasteiger partial charge in [0.2, 0.25) is 0 Å². The minimum atomic E-state index is -0.672. The van der Waals surface area contributed by atoms with E-state index in [0.29, 0.717) is 12.8 Å². The van der Waals surface area contributed by atoms with Crippen molar-refractivity contribution in [3.63, 3.8) is 0 Å². The van der Waals surface area contributed by atoms with E-state index in [1.165, 1.54) is 25.7 Å². The predicted molar refractivity (Wildman–Crippen MR) is 141 cm³/mol. The summed E-state index contributed by atoms with van der Waals surface area (Å²) in [4.78, 5) is 30.6. The summed E-state index contributed by atoms with van der Waals surface area (Å²) in [5, 5.41) is 25.2. The Kier molecular flexibility index (Phi) is 35.9. The van der Waals surface area contributed by atoms with E-state index in [4.69, 9.17) is 15.3 Å². The molecule has 0 saturated carbocycles. The first-order valence-corrected chi connectivity index (χ1v) is 12.6. The van der Waals surface area contributed by atoms with Crippen LogP contribution in [0.15, 0.2) is 0 Å². The third kappa shape index (κ3) is 42.3. The predicted octanol–water partition coefficient (Wildman–Crippen LogP) is 6.73. The number of rotatable bonds is 17. The summed E-state index contributed by atoms with van der Waals surface area (Å²) in [5.41, 5.74) is 0. The van der Waals surface area contributed by atoms with Gasteiger partial charge in [0.15, 0.2) is 0 Å². The van der Waals surface area contributed by atoms with E-state index in [9.17, 15) is 14.4 Å². The molecule has 0 aliphatic carbocycles. The van der Waals surface area contributed by atoms with Crippen molar-refractivity contribution in [2.24, 2.45) is 17.8 Å². The number of carboxylic acids is 3. The Morgan fingerprint density at radius 1 is 0.606 bits per heavy atom. The van der Waals surface area contributed by atoms with Crippen molar-refractivity contribution in [1.29, 1.82) is 0 Å². The summed E-state index contributed by atoms with van der Waals surface area (Å²) >= 11 is 0. The molecule has 0 aliphatic heterocycles. The van der Waals surface area contributed by atoms with Crippen LogP contribution in [0.3, 0.4) is 0 Å². The van der Waals surface area contributed by atoms with Gasteiger partial charge in [-0.2, -0.15) is 0 Å². The maximum atomic E-state index is 10.4. The fourth-order valence-electron chi connectivity index (χ4n) is 2.96. The molecular formula is C26H54CaO6. The molecular weight excluding hydrogens is 448 g/mol. The summed E-state index contributed by atoms with van der Waals surface area (Å²) in [6.07, 6.45) is 13.0. The van der Waals surface area contributed by atoms with Gasteiger partial charge in [0, 0.05) is 12.8 Å². The van der Waals surface area contributed by atoms with Crippen LogP contribution < -0.4 is 0 Å². The number of carbonyl (C=O) groups is 3. The van der Waals surface area contributed by atoms with Crippen molar-refractivity contribution in [1.82, 2.24) is 0 Å².